The molecule has 4 rings (SSSR count). The smallest absolute Gasteiger partial charge is 0.223 e. The van der Waals surface area contributed by atoms with Gasteiger partial charge in [-0.3, -0.25) is 14.4 Å². The molecule has 8 nitrogen and oxygen atoms in total. The molecule has 0 aliphatic carbocycles. The Hall–Kier alpha value is -2.77. The van der Waals surface area contributed by atoms with Gasteiger partial charge in [0.2, 0.25) is 17.7 Å². The molecule has 3 atom stereocenters. The quantitative estimate of drug-likeness (QED) is 0.647. The maximum Gasteiger partial charge on any atom is 0.223 e. The van der Waals surface area contributed by atoms with Crippen molar-refractivity contribution in [1.82, 2.24) is 15.1 Å². The SMILES string of the molecule is COc1cc2cc(c1OC)CCCNC(=O)CCC[C@H]1[C@H]3C[C@@H](CN(C(=O)CC(C)C)C3)CN1C(=O)CC2. The van der Waals surface area contributed by atoms with E-state index < -0.39 is 0 Å². The summed E-state index contributed by atoms with van der Waals surface area (Å²) in [7, 11) is 3.28. The van der Waals surface area contributed by atoms with Gasteiger partial charge in [-0.15, -0.1) is 0 Å². The molecule has 0 unspecified atom stereocenters. The van der Waals surface area contributed by atoms with Crippen LogP contribution in [0.25, 0.3) is 0 Å². The minimum atomic E-state index is 0.0549. The lowest BCUT2D eigenvalue weighted by Gasteiger charge is -2.51. The molecule has 2 saturated heterocycles. The van der Waals surface area contributed by atoms with Crippen molar-refractivity contribution in [2.24, 2.45) is 17.8 Å². The molecule has 3 amide bonds. The third kappa shape index (κ3) is 6.80. The molecular formula is C30H45N3O5. The number of nitrogens with zero attached hydrogens (tertiary/aromatic N) is 2. The standard InChI is InChI=1S/C30H45N3O5/c1-20(2)13-29(36)32-17-22-15-24(19-32)25-8-5-9-27(34)31-12-6-7-23-14-21(10-11-28(35)33(25)18-22)16-26(37-3)30(23)38-4/h14,16,20,22,24-25H,5-13,15,17-19H2,1-4H3,(H,31,34)/t22-,24-,25-/m0/s1. The fourth-order valence-corrected chi connectivity index (χ4v) is 6.58. The number of likely N-dealkylation sites (tertiary alicyclic amines) is 1. The number of hydrogen-bond donors (Lipinski definition) is 1. The van der Waals surface area contributed by atoms with Gasteiger partial charge >= 0.3 is 0 Å². The average molecular weight is 528 g/mol. The van der Waals surface area contributed by atoms with Gasteiger partial charge in [-0.25, -0.2) is 0 Å². The zero-order chi connectivity index (χ0) is 27.2. The van der Waals surface area contributed by atoms with Crippen LogP contribution in [-0.2, 0) is 27.2 Å². The first kappa shape index (κ1) is 28.2. The Morgan fingerprint density at radius 1 is 1.03 bits per heavy atom. The third-order valence-electron chi connectivity index (χ3n) is 8.32. The first-order chi connectivity index (χ1) is 18.3. The minimum Gasteiger partial charge on any atom is -0.493 e. The van der Waals surface area contributed by atoms with Crippen LogP contribution >= 0.6 is 0 Å². The zero-order valence-electron chi connectivity index (χ0n) is 23.6. The first-order valence-corrected chi connectivity index (χ1v) is 14.4. The van der Waals surface area contributed by atoms with Gasteiger partial charge in [-0.1, -0.05) is 19.9 Å². The lowest BCUT2D eigenvalue weighted by Crippen LogP contribution is -2.60. The Labute approximate surface area is 227 Å². The van der Waals surface area contributed by atoms with Gasteiger partial charge in [0.25, 0.3) is 0 Å². The molecule has 0 spiro atoms. The predicted molar refractivity (Wildman–Crippen MR) is 146 cm³/mol. The van der Waals surface area contributed by atoms with Crippen LogP contribution < -0.4 is 14.8 Å². The number of piperidine rings is 2. The molecule has 1 N–H and O–H groups in total. The number of amides is 3. The molecule has 0 aromatic heterocycles. The van der Waals surface area contributed by atoms with E-state index in [0.29, 0.717) is 62.9 Å². The molecule has 0 radical (unpaired) electrons. The topological polar surface area (TPSA) is 88.2 Å². The second-order valence-corrected chi connectivity index (χ2v) is 11.7. The molecule has 3 heterocycles. The van der Waals surface area contributed by atoms with Gasteiger partial charge in [0, 0.05) is 51.5 Å². The summed E-state index contributed by atoms with van der Waals surface area (Å²) in [4.78, 5) is 43.3. The number of carbonyl (C=O) groups excluding carboxylic acids is 3. The van der Waals surface area contributed by atoms with E-state index in [1.165, 1.54) is 0 Å². The molecule has 1 aromatic carbocycles. The first-order valence-electron chi connectivity index (χ1n) is 14.4. The van der Waals surface area contributed by atoms with Crippen LogP contribution in [0.15, 0.2) is 12.1 Å². The van der Waals surface area contributed by atoms with Crippen molar-refractivity contribution in [2.45, 2.75) is 77.7 Å². The minimum absolute atomic E-state index is 0.0549. The van der Waals surface area contributed by atoms with E-state index in [1.54, 1.807) is 14.2 Å². The number of rotatable bonds is 4. The number of hydrogen-bond acceptors (Lipinski definition) is 5. The summed E-state index contributed by atoms with van der Waals surface area (Å²) in [6.07, 6.45) is 6.23. The van der Waals surface area contributed by atoms with Crippen LogP contribution in [0, 0.1) is 17.8 Å². The van der Waals surface area contributed by atoms with E-state index in [9.17, 15) is 14.4 Å². The highest BCUT2D eigenvalue weighted by atomic mass is 16.5. The molecule has 38 heavy (non-hydrogen) atoms. The van der Waals surface area contributed by atoms with Crippen LogP contribution in [0.4, 0.5) is 0 Å². The largest absolute Gasteiger partial charge is 0.493 e. The second kappa shape index (κ2) is 12.9. The summed E-state index contributed by atoms with van der Waals surface area (Å²) >= 11 is 0. The van der Waals surface area contributed by atoms with Crippen LogP contribution in [0.3, 0.4) is 0 Å². The van der Waals surface area contributed by atoms with Crippen LogP contribution in [0.5, 0.6) is 11.5 Å². The number of carbonyl (C=O) groups is 3. The van der Waals surface area contributed by atoms with E-state index in [4.69, 9.17) is 9.47 Å². The monoisotopic (exact) mass is 527 g/mol. The van der Waals surface area contributed by atoms with E-state index in [1.807, 2.05) is 11.0 Å². The van der Waals surface area contributed by atoms with Crippen molar-refractivity contribution < 1.29 is 23.9 Å². The molecule has 8 heteroatoms. The highest BCUT2D eigenvalue weighted by Crippen LogP contribution is 2.37. The fraction of sp³-hybridized carbons (Fsp3) is 0.700. The summed E-state index contributed by atoms with van der Waals surface area (Å²) in [6, 6.07) is 4.15. The predicted octanol–water partition coefficient (Wildman–Crippen LogP) is 3.59. The van der Waals surface area contributed by atoms with Gasteiger partial charge in [0.05, 0.1) is 14.2 Å². The molecular weight excluding hydrogens is 482 g/mol. The number of methoxy groups -OCH3 is 2. The maximum atomic E-state index is 13.7. The van der Waals surface area contributed by atoms with Crippen molar-refractivity contribution in [3.8, 4) is 11.5 Å². The normalized spacial score (nSPS) is 25.0. The van der Waals surface area contributed by atoms with Gasteiger partial charge in [-0.2, -0.15) is 0 Å². The molecule has 1 aromatic rings. The Balaban J connectivity index is 1.56. The molecule has 0 saturated carbocycles. The lowest BCUT2D eigenvalue weighted by atomic mass is 9.77. The Morgan fingerprint density at radius 2 is 1.84 bits per heavy atom. The van der Waals surface area contributed by atoms with Crippen molar-refractivity contribution in [1.29, 1.82) is 0 Å². The molecule has 2 fully saturated rings. The summed E-state index contributed by atoms with van der Waals surface area (Å²) in [5.41, 5.74) is 2.09. The van der Waals surface area contributed by atoms with Crippen LogP contribution in [-0.4, -0.2) is 74.0 Å². The van der Waals surface area contributed by atoms with Gasteiger partial charge in [0.15, 0.2) is 11.5 Å². The highest BCUT2D eigenvalue weighted by molar-refractivity contribution is 5.78. The van der Waals surface area contributed by atoms with Crippen LogP contribution in [0.1, 0.15) is 69.9 Å². The third-order valence-corrected chi connectivity index (χ3v) is 8.32. The van der Waals surface area contributed by atoms with Crippen molar-refractivity contribution in [3.05, 3.63) is 23.3 Å². The van der Waals surface area contributed by atoms with E-state index in [0.717, 1.165) is 55.5 Å². The lowest BCUT2D eigenvalue weighted by molar-refractivity contribution is -0.145. The zero-order valence-corrected chi connectivity index (χ0v) is 23.6. The van der Waals surface area contributed by atoms with Gasteiger partial charge < -0.3 is 24.6 Å². The number of ether oxygens (including phenoxy) is 2. The number of fused-ring (bicyclic) bond motifs is 6. The Bertz CT molecular complexity index is 1010. The Morgan fingerprint density at radius 3 is 2.58 bits per heavy atom. The van der Waals surface area contributed by atoms with Crippen LogP contribution in [0.2, 0.25) is 0 Å². The molecule has 3 aliphatic heterocycles. The van der Waals surface area contributed by atoms with Gasteiger partial charge in [0.1, 0.15) is 0 Å². The molecule has 4 bridgehead atoms. The summed E-state index contributed by atoms with van der Waals surface area (Å²) in [5, 5.41) is 3.06. The molecule has 210 valence electrons. The fourth-order valence-electron chi connectivity index (χ4n) is 6.58. The number of benzene rings is 1. The Kier molecular flexibility index (Phi) is 9.55. The summed E-state index contributed by atoms with van der Waals surface area (Å²) < 4.78 is 11.2. The van der Waals surface area contributed by atoms with Crippen molar-refractivity contribution in [2.75, 3.05) is 40.4 Å². The summed E-state index contributed by atoms with van der Waals surface area (Å²) in [6.45, 7) is 6.91. The van der Waals surface area contributed by atoms with Crippen molar-refractivity contribution >= 4 is 17.7 Å². The highest BCUT2D eigenvalue weighted by Gasteiger charge is 2.43. The van der Waals surface area contributed by atoms with E-state index in [-0.39, 0.29) is 29.7 Å². The van der Waals surface area contributed by atoms with E-state index >= 15 is 0 Å². The molecule has 3 aliphatic rings. The number of aryl methyl sites for hydroxylation is 2. The number of nitrogens with one attached hydrogen (secondary N) is 1. The van der Waals surface area contributed by atoms with E-state index in [2.05, 4.69) is 30.1 Å². The second-order valence-electron chi connectivity index (χ2n) is 11.7. The maximum absolute atomic E-state index is 13.7. The van der Waals surface area contributed by atoms with Gasteiger partial charge in [-0.05, 0) is 73.5 Å². The summed E-state index contributed by atoms with van der Waals surface area (Å²) in [5.74, 6) is 2.75. The average Bonchev–Trinajstić information content (AvgIpc) is 2.89. The van der Waals surface area contributed by atoms with Crippen molar-refractivity contribution in [3.63, 3.8) is 0 Å².